The zero-order valence-electron chi connectivity index (χ0n) is 17.4. The van der Waals surface area contributed by atoms with Crippen LogP contribution in [0.2, 0.25) is 0 Å². The van der Waals surface area contributed by atoms with E-state index in [1.165, 1.54) is 31.4 Å². The third kappa shape index (κ3) is 6.13. The molecule has 1 aliphatic heterocycles. The second-order valence-electron chi connectivity index (χ2n) is 7.19. The van der Waals surface area contributed by atoms with Gasteiger partial charge in [-0.05, 0) is 29.8 Å². The predicted molar refractivity (Wildman–Crippen MR) is 115 cm³/mol. The summed E-state index contributed by atoms with van der Waals surface area (Å²) in [5.41, 5.74) is 0.623. The number of sulfonamides is 1. The SMILES string of the molecule is COc1ccccc1S(=O)(=O)N[C@@H]1C=C[C@@H](CC(=O)NCc2cccc(F)c2)O[C@H]1CO. The Morgan fingerprint density at radius 1 is 1.19 bits per heavy atom. The number of aliphatic hydroxyl groups is 1. The normalized spacial score (nSPS) is 20.7. The molecule has 2 aromatic rings. The molecule has 0 aromatic heterocycles. The predicted octanol–water partition coefficient (Wildman–Crippen LogP) is 1.50. The van der Waals surface area contributed by atoms with E-state index in [-0.39, 0.29) is 35.3 Å². The number of halogens is 1. The molecule has 0 radical (unpaired) electrons. The van der Waals surface area contributed by atoms with Crippen molar-refractivity contribution in [3.63, 3.8) is 0 Å². The highest BCUT2D eigenvalue weighted by molar-refractivity contribution is 7.89. The first-order valence-corrected chi connectivity index (χ1v) is 11.4. The summed E-state index contributed by atoms with van der Waals surface area (Å²) in [7, 11) is -2.58. The van der Waals surface area contributed by atoms with E-state index in [1.54, 1.807) is 36.4 Å². The van der Waals surface area contributed by atoms with E-state index in [2.05, 4.69) is 10.0 Å². The van der Waals surface area contributed by atoms with Gasteiger partial charge in [-0.15, -0.1) is 0 Å². The van der Waals surface area contributed by atoms with Crippen LogP contribution in [0.15, 0.2) is 65.6 Å². The van der Waals surface area contributed by atoms with Crippen LogP contribution in [0.1, 0.15) is 12.0 Å². The average molecular weight is 465 g/mol. The lowest BCUT2D eigenvalue weighted by Gasteiger charge is -2.31. The first kappa shape index (κ1) is 23.9. The van der Waals surface area contributed by atoms with E-state index in [9.17, 15) is 22.7 Å². The van der Waals surface area contributed by atoms with Gasteiger partial charge in [0.2, 0.25) is 15.9 Å². The Morgan fingerprint density at radius 3 is 2.69 bits per heavy atom. The van der Waals surface area contributed by atoms with Crippen molar-refractivity contribution < 1.29 is 32.2 Å². The maximum atomic E-state index is 13.2. The Morgan fingerprint density at radius 2 is 1.97 bits per heavy atom. The summed E-state index contributed by atoms with van der Waals surface area (Å²) in [5, 5.41) is 12.4. The van der Waals surface area contributed by atoms with Crippen molar-refractivity contribution in [3.05, 3.63) is 72.1 Å². The minimum Gasteiger partial charge on any atom is -0.495 e. The summed E-state index contributed by atoms with van der Waals surface area (Å²) in [6.45, 7) is -0.289. The van der Waals surface area contributed by atoms with Gasteiger partial charge >= 0.3 is 0 Å². The monoisotopic (exact) mass is 464 g/mol. The van der Waals surface area contributed by atoms with Crippen molar-refractivity contribution in [2.24, 2.45) is 0 Å². The van der Waals surface area contributed by atoms with Gasteiger partial charge in [-0.1, -0.05) is 36.4 Å². The molecule has 0 spiro atoms. The van der Waals surface area contributed by atoms with Crippen molar-refractivity contribution in [1.82, 2.24) is 10.0 Å². The van der Waals surface area contributed by atoms with Crippen LogP contribution in [-0.4, -0.2) is 51.4 Å². The fourth-order valence-corrected chi connectivity index (χ4v) is 4.69. The summed E-state index contributed by atoms with van der Waals surface area (Å²) in [6.07, 6.45) is 1.57. The van der Waals surface area contributed by atoms with E-state index in [4.69, 9.17) is 9.47 Å². The van der Waals surface area contributed by atoms with Crippen molar-refractivity contribution in [1.29, 1.82) is 0 Å². The third-order valence-electron chi connectivity index (χ3n) is 4.88. The number of para-hydroxylation sites is 1. The van der Waals surface area contributed by atoms with Crippen LogP contribution in [0.25, 0.3) is 0 Å². The molecule has 1 aliphatic rings. The molecule has 172 valence electrons. The minimum absolute atomic E-state index is 0.0334. The molecule has 1 heterocycles. The molecule has 10 heteroatoms. The molecule has 3 atom stereocenters. The first-order valence-electron chi connectivity index (χ1n) is 9.93. The molecule has 3 N–H and O–H groups in total. The first-order chi connectivity index (χ1) is 15.3. The zero-order chi connectivity index (χ0) is 23.1. The summed E-state index contributed by atoms with van der Waals surface area (Å²) >= 11 is 0. The smallest absolute Gasteiger partial charge is 0.244 e. The van der Waals surface area contributed by atoms with Gasteiger partial charge in [0.05, 0.1) is 32.3 Å². The topological polar surface area (TPSA) is 114 Å². The number of ether oxygens (including phenoxy) is 2. The molecule has 3 rings (SSSR count). The van der Waals surface area contributed by atoms with Gasteiger partial charge in [0, 0.05) is 6.54 Å². The van der Waals surface area contributed by atoms with Crippen LogP contribution in [0.3, 0.4) is 0 Å². The highest BCUT2D eigenvalue weighted by Crippen LogP contribution is 2.24. The number of rotatable bonds is 9. The molecule has 0 unspecified atom stereocenters. The number of hydrogen-bond acceptors (Lipinski definition) is 6. The van der Waals surface area contributed by atoms with Gasteiger partial charge in [-0.25, -0.2) is 17.5 Å². The second kappa shape index (κ2) is 10.7. The van der Waals surface area contributed by atoms with Crippen LogP contribution in [-0.2, 0) is 26.1 Å². The molecule has 8 nitrogen and oxygen atoms in total. The largest absolute Gasteiger partial charge is 0.495 e. The van der Waals surface area contributed by atoms with Crippen molar-refractivity contribution in [2.75, 3.05) is 13.7 Å². The highest BCUT2D eigenvalue weighted by Gasteiger charge is 2.32. The maximum Gasteiger partial charge on any atom is 0.244 e. The molecular weight excluding hydrogens is 439 g/mol. The van der Waals surface area contributed by atoms with Crippen LogP contribution >= 0.6 is 0 Å². The fraction of sp³-hybridized carbons (Fsp3) is 0.318. The Bertz CT molecular complexity index is 1080. The summed E-state index contributed by atoms with van der Waals surface area (Å²) in [5.74, 6) is -0.523. The van der Waals surface area contributed by atoms with Crippen LogP contribution < -0.4 is 14.8 Å². The standard InChI is InChI=1S/C22H25FN2O6S/c1-30-19-7-2-3-8-21(19)32(28,29)25-18-10-9-17(31-20(18)14-26)12-22(27)24-13-15-5-4-6-16(23)11-15/h2-11,17-18,20,25-26H,12-14H2,1H3,(H,24,27)/t17-,18+,20-/m0/s1. The molecule has 0 saturated heterocycles. The van der Waals surface area contributed by atoms with E-state index >= 15 is 0 Å². The molecule has 0 aliphatic carbocycles. The highest BCUT2D eigenvalue weighted by atomic mass is 32.2. The van der Waals surface area contributed by atoms with E-state index in [1.807, 2.05) is 0 Å². The van der Waals surface area contributed by atoms with E-state index in [0.717, 1.165) is 0 Å². The molecule has 0 saturated carbocycles. The summed E-state index contributed by atoms with van der Waals surface area (Å²) < 4.78 is 52.1. The van der Waals surface area contributed by atoms with Gasteiger partial charge in [0.1, 0.15) is 22.6 Å². The Kier molecular flexibility index (Phi) is 7.97. The third-order valence-corrected chi connectivity index (χ3v) is 6.38. The Hall–Kier alpha value is -2.79. The van der Waals surface area contributed by atoms with Gasteiger partial charge in [0.25, 0.3) is 0 Å². The molecule has 32 heavy (non-hydrogen) atoms. The summed E-state index contributed by atoms with van der Waals surface area (Å²) in [4.78, 5) is 12.2. The second-order valence-corrected chi connectivity index (χ2v) is 8.87. The summed E-state index contributed by atoms with van der Waals surface area (Å²) in [6, 6.07) is 11.2. The van der Waals surface area contributed by atoms with Crippen LogP contribution in [0.4, 0.5) is 4.39 Å². The molecule has 1 amide bonds. The van der Waals surface area contributed by atoms with Crippen molar-refractivity contribution >= 4 is 15.9 Å². The minimum atomic E-state index is -3.96. The average Bonchev–Trinajstić information content (AvgIpc) is 2.78. The van der Waals surface area contributed by atoms with Crippen LogP contribution in [0.5, 0.6) is 5.75 Å². The number of carbonyl (C=O) groups excluding carboxylic acids is 1. The van der Waals surface area contributed by atoms with Crippen molar-refractivity contribution in [2.45, 2.75) is 36.1 Å². The Labute approximate surface area is 186 Å². The zero-order valence-corrected chi connectivity index (χ0v) is 18.2. The molecule has 0 bridgehead atoms. The lowest BCUT2D eigenvalue weighted by Crippen LogP contribution is -2.49. The number of methoxy groups -OCH3 is 1. The Balaban J connectivity index is 1.61. The van der Waals surface area contributed by atoms with Gasteiger partial charge in [0.15, 0.2) is 0 Å². The number of aliphatic hydroxyl groups excluding tert-OH is 1. The lowest BCUT2D eigenvalue weighted by molar-refractivity contribution is -0.125. The number of carbonyl (C=O) groups is 1. The lowest BCUT2D eigenvalue weighted by atomic mass is 10.1. The van der Waals surface area contributed by atoms with Crippen molar-refractivity contribution in [3.8, 4) is 5.75 Å². The van der Waals surface area contributed by atoms with Gasteiger partial charge in [-0.2, -0.15) is 0 Å². The number of amides is 1. The molecule has 2 aromatic carbocycles. The van der Waals surface area contributed by atoms with Crippen LogP contribution in [0, 0.1) is 5.82 Å². The molecule has 0 fully saturated rings. The number of benzene rings is 2. The number of hydrogen-bond donors (Lipinski definition) is 3. The van der Waals surface area contributed by atoms with E-state index in [0.29, 0.717) is 5.56 Å². The van der Waals surface area contributed by atoms with Gasteiger partial charge in [-0.3, -0.25) is 4.79 Å². The fourth-order valence-electron chi connectivity index (χ4n) is 3.30. The maximum absolute atomic E-state index is 13.2. The quantitative estimate of drug-likeness (QED) is 0.485. The van der Waals surface area contributed by atoms with Gasteiger partial charge < -0.3 is 19.9 Å². The van der Waals surface area contributed by atoms with E-state index < -0.39 is 34.9 Å². The molecular formula is C22H25FN2O6S. The number of nitrogens with one attached hydrogen (secondary N) is 2.